The second-order valence-electron chi connectivity index (χ2n) is 7.87. The topological polar surface area (TPSA) is 69.6 Å². The Hall–Kier alpha value is -1.59. The van der Waals surface area contributed by atoms with Gasteiger partial charge in [0.25, 0.3) is 0 Å². The largest absolute Gasteiger partial charge is 0.480 e. The van der Waals surface area contributed by atoms with E-state index in [4.69, 9.17) is 0 Å². The summed E-state index contributed by atoms with van der Waals surface area (Å²) < 4.78 is 0. The molecule has 6 heteroatoms. The van der Waals surface area contributed by atoms with Crippen LogP contribution in [0.4, 0.5) is 0 Å². The van der Waals surface area contributed by atoms with Crippen molar-refractivity contribution in [3.05, 3.63) is 35.4 Å². The Labute approximate surface area is 162 Å². The van der Waals surface area contributed by atoms with Crippen LogP contribution in [0.25, 0.3) is 0 Å². The minimum Gasteiger partial charge on any atom is -0.480 e. The summed E-state index contributed by atoms with van der Waals surface area (Å²) in [6.07, 6.45) is 3.28. The second kappa shape index (κ2) is 9.93. The zero-order valence-electron chi connectivity index (χ0n) is 16.0. The first kappa shape index (κ1) is 22.5. The number of rotatable bonds is 6. The molecule has 1 aliphatic heterocycles. The lowest BCUT2D eigenvalue weighted by atomic mass is 9.86. The van der Waals surface area contributed by atoms with Crippen LogP contribution in [-0.4, -0.2) is 47.6 Å². The fourth-order valence-electron chi connectivity index (χ4n) is 3.22. The van der Waals surface area contributed by atoms with Gasteiger partial charge in [0, 0.05) is 6.54 Å². The number of hydrogen-bond donors (Lipinski definition) is 2. The molecule has 1 heterocycles. The number of likely N-dealkylation sites (tertiary alicyclic amines) is 1. The van der Waals surface area contributed by atoms with Crippen LogP contribution in [0, 0.1) is 0 Å². The number of nitrogens with one attached hydrogen (secondary N) is 1. The molecule has 146 valence electrons. The summed E-state index contributed by atoms with van der Waals surface area (Å²) in [6, 6.07) is 7.98. The average molecular weight is 383 g/mol. The van der Waals surface area contributed by atoms with E-state index in [-0.39, 0.29) is 30.3 Å². The number of carboxylic acids is 1. The van der Waals surface area contributed by atoms with Crippen molar-refractivity contribution < 1.29 is 14.7 Å². The van der Waals surface area contributed by atoms with Crippen molar-refractivity contribution in [1.29, 1.82) is 0 Å². The highest BCUT2D eigenvalue weighted by Crippen LogP contribution is 2.22. The first-order valence-electron chi connectivity index (χ1n) is 9.10. The molecule has 26 heavy (non-hydrogen) atoms. The van der Waals surface area contributed by atoms with Crippen molar-refractivity contribution in [2.24, 2.45) is 0 Å². The van der Waals surface area contributed by atoms with E-state index in [1.165, 1.54) is 11.1 Å². The lowest BCUT2D eigenvalue weighted by molar-refractivity contribution is -0.145. The van der Waals surface area contributed by atoms with Gasteiger partial charge in [-0.05, 0) is 42.3 Å². The van der Waals surface area contributed by atoms with Gasteiger partial charge in [0.05, 0.1) is 6.54 Å². The van der Waals surface area contributed by atoms with E-state index in [0.29, 0.717) is 19.5 Å². The lowest BCUT2D eigenvalue weighted by Crippen LogP contribution is -2.49. The molecule has 1 saturated heterocycles. The molecule has 1 aromatic carbocycles. The number of carboxylic acid groups (broad SMARTS) is 1. The molecular weight excluding hydrogens is 352 g/mol. The van der Waals surface area contributed by atoms with Crippen molar-refractivity contribution in [3.8, 4) is 0 Å². The number of benzene rings is 1. The summed E-state index contributed by atoms with van der Waals surface area (Å²) in [5.41, 5.74) is 2.63. The van der Waals surface area contributed by atoms with Gasteiger partial charge in [-0.1, -0.05) is 51.5 Å². The van der Waals surface area contributed by atoms with Crippen LogP contribution in [0.5, 0.6) is 0 Å². The lowest BCUT2D eigenvalue weighted by Gasteiger charge is -2.32. The molecule has 1 amide bonds. The fraction of sp³-hybridized carbons (Fsp3) is 0.600. The number of carbonyl (C=O) groups excluding carboxylic acids is 1. The highest BCUT2D eigenvalue weighted by Gasteiger charge is 2.29. The van der Waals surface area contributed by atoms with Gasteiger partial charge in [-0.3, -0.25) is 14.5 Å². The Bertz CT molecular complexity index is 596. The van der Waals surface area contributed by atoms with Crippen LogP contribution in [0.15, 0.2) is 24.3 Å². The number of nitrogens with zero attached hydrogens (tertiary/aromatic N) is 1. The Morgan fingerprint density at radius 1 is 1.19 bits per heavy atom. The van der Waals surface area contributed by atoms with Gasteiger partial charge in [-0.25, -0.2) is 0 Å². The Kier molecular flexibility index (Phi) is 8.57. The van der Waals surface area contributed by atoms with Gasteiger partial charge in [0.15, 0.2) is 0 Å². The standard InChI is InChI=1S/C20H30N2O3.ClH/c1-20(2,3)16-9-7-15(8-10-16)11-12-21-18(23)14-22-13-5-4-6-17(22)19(24)25;/h7-10,17H,4-6,11-14H2,1-3H3,(H,21,23)(H,24,25);1H. The zero-order chi connectivity index (χ0) is 18.4. The van der Waals surface area contributed by atoms with Crippen molar-refractivity contribution >= 4 is 24.3 Å². The highest BCUT2D eigenvalue weighted by molar-refractivity contribution is 5.85. The van der Waals surface area contributed by atoms with E-state index in [1.807, 2.05) is 0 Å². The summed E-state index contributed by atoms with van der Waals surface area (Å²) in [5, 5.41) is 12.2. The minimum atomic E-state index is -0.827. The van der Waals surface area contributed by atoms with E-state index in [0.717, 1.165) is 19.3 Å². The van der Waals surface area contributed by atoms with Crippen molar-refractivity contribution in [2.75, 3.05) is 19.6 Å². The van der Waals surface area contributed by atoms with Crippen LogP contribution >= 0.6 is 12.4 Å². The number of carbonyl (C=O) groups is 2. The molecule has 1 aliphatic rings. The monoisotopic (exact) mass is 382 g/mol. The van der Waals surface area contributed by atoms with Crippen LogP contribution in [0.1, 0.15) is 51.2 Å². The third-order valence-electron chi connectivity index (χ3n) is 4.80. The van der Waals surface area contributed by atoms with Gasteiger partial charge < -0.3 is 10.4 Å². The molecule has 1 aromatic rings. The van der Waals surface area contributed by atoms with Crippen LogP contribution in [-0.2, 0) is 21.4 Å². The maximum Gasteiger partial charge on any atom is 0.320 e. The van der Waals surface area contributed by atoms with Gasteiger partial charge in [-0.15, -0.1) is 12.4 Å². The second-order valence-corrected chi connectivity index (χ2v) is 7.87. The number of piperidine rings is 1. The predicted molar refractivity (Wildman–Crippen MR) is 106 cm³/mol. The molecule has 0 bridgehead atoms. The average Bonchev–Trinajstić information content (AvgIpc) is 2.55. The molecule has 0 radical (unpaired) electrons. The molecule has 1 atom stereocenters. The molecule has 1 fully saturated rings. The SMILES string of the molecule is CC(C)(C)c1ccc(CCNC(=O)CN2CCCCC2C(=O)O)cc1.Cl. The van der Waals surface area contributed by atoms with Crippen molar-refractivity contribution in [2.45, 2.75) is 57.9 Å². The summed E-state index contributed by atoms with van der Waals surface area (Å²) in [6.45, 7) is 7.98. The molecule has 0 saturated carbocycles. The Morgan fingerprint density at radius 3 is 2.42 bits per heavy atom. The minimum absolute atomic E-state index is 0. The number of hydrogen-bond acceptors (Lipinski definition) is 3. The van der Waals surface area contributed by atoms with Gasteiger partial charge in [0.1, 0.15) is 6.04 Å². The maximum atomic E-state index is 12.1. The van der Waals surface area contributed by atoms with E-state index >= 15 is 0 Å². The van der Waals surface area contributed by atoms with E-state index in [1.54, 1.807) is 4.90 Å². The smallest absolute Gasteiger partial charge is 0.320 e. The zero-order valence-corrected chi connectivity index (χ0v) is 16.8. The quantitative estimate of drug-likeness (QED) is 0.793. The summed E-state index contributed by atoms with van der Waals surface area (Å²) in [4.78, 5) is 25.2. The highest BCUT2D eigenvalue weighted by atomic mass is 35.5. The number of aliphatic carboxylic acids is 1. The molecule has 2 rings (SSSR count). The molecule has 0 spiro atoms. The predicted octanol–water partition coefficient (Wildman–Crippen LogP) is 3.00. The van der Waals surface area contributed by atoms with Crippen molar-refractivity contribution in [1.82, 2.24) is 10.2 Å². The van der Waals surface area contributed by atoms with Gasteiger partial charge in [0.2, 0.25) is 5.91 Å². The summed E-state index contributed by atoms with van der Waals surface area (Å²) in [5.74, 6) is -0.925. The molecule has 0 aliphatic carbocycles. The summed E-state index contributed by atoms with van der Waals surface area (Å²) >= 11 is 0. The summed E-state index contributed by atoms with van der Waals surface area (Å²) in [7, 11) is 0. The van der Waals surface area contributed by atoms with Crippen LogP contribution in [0.3, 0.4) is 0 Å². The van der Waals surface area contributed by atoms with E-state index in [2.05, 4.69) is 50.4 Å². The molecule has 0 aromatic heterocycles. The first-order chi connectivity index (χ1) is 11.8. The van der Waals surface area contributed by atoms with Crippen molar-refractivity contribution in [3.63, 3.8) is 0 Å². The molecule has 2 N–H and O–H groups in total. The fourth-order valence-corrected chi connectivity index (χ4v) is 3.22. The molecule has 1 unspecified atom stereocenters. The number of amides is 1. The maximum absolute atomic E-state index is 12.1. The third kappa shape index (κ3) is 6.61. The Balaban J connectivity index is 0.00000338. The van der Waals surface area contributed by atoms with Gasteiger partial charge >= 0.3 is 5.97 Å². The third-order valence-corrected chi connectivity index (χ3v) is 4.80. The molecule has 5 nitrogen and oxygen atoms in total. The van der Waals surface area contributed by atoms with Crippen LogP contribution in [0.2, 0.25) is 0 Å². The van der Waals surface area contributed by atoms with E-state index in [9.17, 15) is 14.7 Å². The van der Waals surface area contributed by atoms with Gasteiger partial charge in [-0.2, -0.15) is 0 Å². The first-order valence-corrected chi connectivity index (χ1v) is 9.10. The van der Waals surface area contributed by atoms with E-state index < -0.39 is 12.0 Å². The number of halogens is 1. The molecular formula is C20H31ClN2O3. The van der Waals surface area contributed by atoms with Crippen LogP contribution < -0.4 is 5.32 Å². The Morgan fingerprint density at radius 2 is 1.85 bits per heavy atom. The normalized spacial score (nSPS) is 18.0.